The molecule has 5 aromatic rings. The lowest BCUT2D eigenvalue weighted by Gasteiger charge is -2.37. The molecule has 0 bridgehead atoms. The van der Waals surface area contributed by atoms with Crippen molar-refractivity contribution in [1.29, 1.82) is 0 Å². The van der Waals surface area contributed by atoms with Gasteiger partial charge in [-0.3, -0.25) is 5.32 Å². The van der Waals surface area contributed by atoms with Crippen LogP contribution in [0.2, 0.25) is 0 Å². The number of aromatic nitrogens is 4. The van der Waals surface area contributed by atoms with E-state index in [2.05, 4.69) is 112 Å². The standard InChI is InChI=1S/C25H21N5S/c1-4-10-20(11-5-1)25(21-12-6-2-7-13-21,22-14-8-3-9-15-22)27-19-23-18-26-24(31-23)30-17-16-28-29-30/h1-18,27H,19H2. The second kappa shape index (κ2) is 8.63. The summed E-state index contributed by atoms with van der Waals surface area (Å²) in [5, 5.41) is 12.6. The lowest BCUT2D eigenvalue weighted by atomic mass is 9.77. The normalized spacial score (nSPS) is 11.5. The molecular weight excluding hydrogens is 402 g/mol. The van der Waals surface area contributed by atoms with Crippen molar-refractivity contribution in [2.75, 3.05) is 0 Å². The molecule has 0 aliphatic rings. The molecule has 152 valence electrons. The second-order valence-electron chi connectivity index (χ2n) is 7.16. The molecule has 0 spiro atoms. The van der Waals surface area contributed by atoms with E-state index in [-0.39, 0.29) is 0 Å². The van der Waals surface area contributed by atoms with Crippen molar-refractivity contribution in [2.45, 2.75) is 12.1 Å². The van der Waals surface area contributed by atoms with Crippen molar-refractivity contribution in [1.82, 2.24) is 25.3 Å². The van der Waals surface area contributed by atoms with E-state index in [0.717, 1.165) is 10.0 Å². The van der Waals surface area contributed by atoms with E-state index in [0.29, 0.717) is 6.54 Å². The van der Waals surface area contributed by atoms with Gasteiger partial charge in [0, 0.05) is 17.6 Å². The van der Waals surface area contributed by atoms with Crippen LogP contribution in [0.1, 0.15) is 21.6 Å². The van der Waals surface area contributed by atoms with Gasteiger partial charge in [0.2, 0.25) is 5.13 Å². The molecule has 2 aromatic heterocycles. The lowest BCUT2D eigenvalue weighted by Crippen LogP contribution is -2.44. The molecule has 0 fully saturated rings. The summed E-state index contributed by atoms with van der Waals surface area (Å²) in [5.41, 5.74) is 3.07. The van der Waals surface area contributed by atoms with Crippen LogP contribution < -0.4 is 5.32 Å². The van der Waals surface area contributed by atoms with Gasteiger partial charge in [-0.05, 0) is 16.7 Å². The third-order valence-electron chi connectivity index (χ3n) is 5.31. The highest BCUT2D eigenvalue weighted by molar-refractivity contribution is 7.14. The minimum Gasteiger partial charge on any atom is -0.295 e. The Bertz CT molecular complexity index is 1120. The number of hydrogen-bond donors (Lipinski definition) is 1. The largest absolute Gasteiger partial charge is 0.295 e. The summed E-state index contributed by atoms with van der Waals surface area (Å²) in [6, 6.07) is 31.8. The van der Waals surface area contributed by atoms with E-state index in [1.807, 2.05) is 6.20 Å². The van der Waals surface area contributed by atoms with Gasteiger partial charge in [0.15, 0.2) is 0 Å². The highest BCUT2D eigenvalue weighted by atomic mass is 32.1. The quantitative estimate of drug-likeness (QED) is 0.382. The van der Waals surface area contributed by atoms with Crippen LogP contribution in [0, 0.1) is 0 Å². The van der Waals surface area contributed by atoms with Crippen molar-refractivity contribution >= 4 is 11.3 Å². The van der Waals surface area contributed by atoms with Gasteiger partial charge in [0.1, 0.15) is 0 Å². The maximum Gasteiger partial charge on any atom is 0.211 e. The fourth-order valence-electron chi connectivity index (χ4n) is 3.89. The Morgan fingerprint density at radius 3 is 1.81 bits per heavy atom. The summed E-state index contributed by atoms with van der Waals surface area (Å²) < 4.78 is 1.69. The second-order valence-corrected chi connectivity index (χ2v) is 8.25. The van der Waals surface area contributed by atoms with E-state index in [1.54, 1.807) is 28.4 Å². The molecule has 0 aliphatic carbocycles. The summed E-state index contributed by atoms with van der Waals surface area (Å²) in [6.45, 7) is 0.658. The summed E-state index contributed by atoms with van der Waals surface area (Å²) in [5.74, 6) is 0. The molecule has 0 radical (unpaired) electrons. The number of thiazole rings is 1. The first-order valence-electron chi connectivity index (χ1n) is 10.1. The Hall–Kier alpha value is -3.61. The molecule has 0 saturated carbocycles. The first-order chi connectivity index (χ1) is 15.4. The van der Waals surface area contributed by atoms with Crippen LogP contribution in [0.4, 0.5) is 0 Å². The topological polar surface area (TPSA) is 55.6 Å². The summed E-state index contributed by atoms with van der Waals surface area (Å²) in [4.78, 5) is 5.64. The Kier molecular flexibility index (Phi) is 5.39. The number of nitrogens with one attached hydrogen (secondary N) is 1. The van der Waals surface area contributed by atoms with Crippen molar-refractivity contribution in [3.63, 3.8) is 0 Å². The molecule has 5 nitrogen and oxygen atoms in total. The van der Waals surface area contributed by atoms with E-state index in [4.69, 9.17) is 0 Å². The van der Waals surface area contributed by atoms with Crippen LogP contribution in [0.3, 0.4) is 0 Å². The van der Waals surface area contributed by atoms with Crippen LogP contribution in [0.15, 0.2) is 110 Å². The number of nitrogens with zero attached hydrogens (tertiary/aromatic N) is 4. The molecule has 1 N–H and O–H groups in total. The molecule has 5 rings (SSSR count). The van der Waals surface area contributed by atoms with Crippen molar-refractivity contribution < 1.29 is 0 Å². The van der Waals surface area contributed by atoms with Gasteiger partial charge < -0.3 is 0 Å². The summed E-state index contributed by atoms with van der Waals surface area (Å²) >= 11 is 1.60. The Morgan fingerprint density at radius 1 is 0.774 bits per heavy atom. The van der Waals surface area contributed by atoms with Crippen LogP contribution in [0.5, 0.6) is 0 Å². The Balaban J connectivity index is 1.58. The fourth-order valence-corrected chi connectivity index (χ4v) is 4.67. The lowest BCUT2D eigenvalue weighted by molar-refractivity contribution is 0.473. The predicted molar refractivity (Wildman–Crippen MR) is 123 cm³/mol. The number of rotatable bonds is 7. The van der Waals surface area contributed by atoms with Crippen molar-refractivity contribution in [3.8, 4) is 5.13 Å². The van der Waals surface area contributed by atoms with Gasteiger partial charge in [-0.2, -0.15) is 4.68 Å². The van der Waals surface area contributed by atoms with E-state index in [1.165, 1.54) is 16.7 Å². The van der Waals surface area contributed by atoms with E-state index >= 15 is 0 Å². The van der Waals surface area contributed by atoms with E-state index in [9.17, 15) is 0 Å². The predicted octanol–water partition coefficient (Wildman–Crippen LogP) is 4.81. The zero-order valence-electron chi connectivity index (χ0n) is 16.8. The van der Waals surface area contributed by atoms with Gasteiger partial charge in [0.05, 0.1) is 17.9 Å². The maximum atomic E-state index is 4.52. The molecule has 0 aliphatic heterocycles. The number of hydrogen-bond acceptors (Lipinski definition) is 5. The minimum absolute atomic E-state index is 0.499. The van der Waals surface area contributed by atoms with Crippen LogP contribution in [0.25, 0.3) is 5.13 Å². The summed E-state index contributed by atoms with van der Waals surface area (Å²) in [7, 11) is 0. The zero-order valence-corrected chi connectivity index (χ0v) is 17.6. The molecule has 0 saturated heterocycles. The first kappa shape index (κ1) is 19.4. The highest BCUT2D eigenvalue weighted by Gasteiger charge is 2.35. The molecule has 2 heterocycles. The van der Waals surface area contributed by atoms with Gasteiger partial charge in [-0.1, -0.05) is 108 Å². The molecule has 0 unspecified atom stereocenters. The van der Waals surface area contributed by atoms with Gasteiger partial charge >= 0.3 is 0 Å². The molecule has 0 atom stereocenters. The van der Waals surface area contributed by atoms with Crippen LogP contribution >= 0.6 is 11.3 Å². The Labute approximate surface area is 185 Å². The minimum atomic E-state index is -0.499. The van der Waals surface area contributed by atoms with Crippen LogP contribution in [-0.4, -0.2) is 20.0 Å². The number of benzene rings is 3. The molecule has 31 heavy (non-hydrogen) atoms. The average Bonchev–Trinajstić information content (AvgIpc) is 3.54. The average molecular weight is 424 g/mol. The molecule has 6 heteroatoms. The van der Waals surface area contributed by atoms with Crippen molar-refractivity contribution in [2.24, 2.45) is 0 Å². The monoisotopic (exact) mass is 423 g/mol. The van der Waals surface area contributed by atoms with Crippen LogP contribution in [-0.2, 0) is 12.1 Å². The third-order valence-corrected chi connectivity index (χ3v) is 6.30. The molecule has 3 aromatic carbocycles. The highest BCUT2D eigenvalue weighted by Crippen LogP contribution is 2.37. The molecular formula is C25H21N5S. The van der Waals surface area contributed by atoms with E-state index < -0.39 is 5.54 Å². The molecule has 0 amide bonds. The first-order valence-corrected chi connectivity index (χ1v) is 10.9. The fraction of sp³-hybridized carbons (Fsp3) is 0.0800. The Morgan fingerprint density at radius 2 is 1.32 bits per heavy atom. The van der Waals surface area contributed by atoms with Gasteiger partial charge in [0.25, 0.3) is 0 Å². The zero-order chi connectivity index (χ0) is 20.9. The van der Waals surface area contributed by atoms with Crippen molar-refractivity contribution in [3.05, 3.63) is 131 Å². The van der Waals surface area contributed by atoms with Gasteiger partial charge in [-0.15, -0.1) is 5.10 Å². The van der Waals surface area contributed by atoms with Gasteiger partial charge in [-0.25, -0.2) is 4.98 Å². The SMILES string of the molecule is c1ccc(C(NCc2cnc(-n3ccnn3)s2)(c2ccccc2)c2ccccc2)cc1. The third kappa shape index (κ3) is 3.79. The summed E-state index contributed by atoms with van der Waals surface area (Å²) in [6.07, 6.45) is 5.36. The maximum absolute atomic E-state index is 4.52. The smallest absolute Gasteiger partial charge is 0.211 e.